The molecule has 220 valence electrons. The zero-order valence-electron chi connectivity index (χ0n) is 23.1. The van der Waals surface area contributed by atoms with E-state index in [1.54, 1.807) is 36.5 Å². The molecule has 1 aromatic heterocycles. The molecule has 0 fully saturated rings. The fourth-order valence-electron chi connectivity index (χ4n) is 5.23. The number of hydrogen-bond acceptors (Lipinski definition) is 7. The molecule has 0 saturated heterocycles. The average molecular weight is 602 g/mol. The number of carbonyl (C=O) groups is 1. The summed E-state index contributed by atoms with van der Waals surface area (Å²) in [7, 11) is 0. The summed E-state index contributed by atoms with van der Waals surface area (Å²) in [5.41, 5.74) is 5.01. The maximum absolute atomic E-state index is 14.6. The molecule has 0 spiro atoms. The van der Waals surface area contributed by atoms with Gasteiger partial charge in [-0.3, -0.25) is 9.78 Å². The molecule has 5 rings (SSSR count). The summed E-state index contributed by atoms with van der Waals surface area (Å²) in [4.78, 5) is 15.7. The minimum Gasteiger partial charge on any atom is -0.488 e. The van der Waals surface area contributed by atoms with Gasteiger partial charge < -0.3 is 25.0 Å². The molecule has 0 bridgehead atoms. The van der Waals surface area contributed by atoms with Crippen LogP contribution in [-0.4, -0.2) is 33.8 Å². The van der Waals surface area contributed by atoms with E-state index in [1.807, 2.05) is 24.3 Å². The van der Waals surface area contributed by atoms with Gasteiger partial charge in [-0.15, -0.1) is 0 Å². The van der Waals surface area contributed by atoms with Crippen LogP contribution < -0.4 is 14.8 Å². The largest absolute Gasteiger partial charge is 0.488 e. The van der Waals surface area contributed by atoms with Crippen molar-refractivity contribution in [2.45, 2.75) is 44.6 Å². The van der Waals surface area contributed by atoms with E-state index >= 15 is 0 Å². The van der Waals surface area contributed by atoms with Gasteiger partial charge in [0.1, 0.15) is 42.1 Å². The summed E-state index contributed by atoms with van der Waals surface area (Å²) < 4.78 is 27.2. The molecule has 10 heteroatoms. The Labute approximate surface area is 253 Å². The monoisotopic (exact) mass is 601 g/mol. The summed E-state index contributed by atoms with van der Waals surface area (Å²) in [6.45, 7) is -0.0977. The van der Waals surface area contributed by atoms with E-state index in [0.29, 0.717) is 51.6 Å². The first-order chi connectivity index (χ1) is 20.9. The van der Waals surface area contributed by atoms with Gasteiger partial charge in [0.05, 0.1) is 10.6 Å². The van der Waals surface area contributed by atoms with Crippen LogP contribution in [0.1, 0.15) is 46.8 Å². The molecular formula is C33H29ClFN3O5. The van der Waals surface area contributed by atoms with E-state index in [2.05, 4.69) is 16.4 Å². The summed E-state index contributed by atoms with van der Waals surface area (Å²) in [6.07, 6.45) is 4.13. The number of nitriles is 1. The standard InChI is InChI=1S/C33H29ClFN3O5/c34-27-13-22(18-38-29(10-11-39)33(40)41)31(42-19-21-12-20(15-36)16-37-17-21)14-32(27)43-30-9-8-24-23(5-3-6-26(24)30)25-4-1-2-7-28(25)35/h1-7,12-14,16-17,29-30,38-39H,8-11,18-19H2,(H,40,41)/t29-,30-/m0/s1. The zero-order chi connectivity index (χ0) is 30.3. The van der Waals surface area contributed by atoms with Gasteiger partial charge in [0.2, 0.25) is 0 Å². The lowest BCUT2D eigenvalue weighted by Gasteiger charge is -2.20. The minimum atomic E-state index is -1.09. The second-order valence-electron chi connectivity index (χ2n) is 10.2. The van der Waals surface area contributed by atoms with Crippen LogP contribution in [0, 0.1) is 17.1 Å². The van der Waals surface area contributed by atoms with Gasteiger partial charge in [-0.25, -0.2) is 4.39 Å². The first-order valence-corrected chi connectivity index (χ1v) is 14.2. The number of ether oxygens (including phenoxy) is 2. The Morgan fingerprint density at radius 1 is 1.14 bits per heavy atom. The predicted octanol–water partition coefficient (Wildman–Crippen LogP) is 5.98. The number of aliphatic hydroxyl groups is 1. The van der Waals surface area contributed by atoms with Gasteiger partial charge in [0.25, 0.3) is 0 Å². The third-order valence-electron chi connectivity index (χ3n) is 7.34. The molecule has 3 aromatic carbocycles. The molecule has 2 atom stereocenters. The molecule has 4 aromatic rings. The Morgan fingerprint density at radius 3 is 2.72 bits per heavy atom. The quantitative estimate of drug-likeness (QED) is 0.181. The number of rotatable bonds is 12. The van der Waals surface area contributed by atoms with Crippen LogP contribution >= 0.6 is 11.6 Å². The number of aliphatic hydroxyl groups excluding tert-OH is 1. The number of pyridine rings is 1. The second-order valence-corrected chi connectivity index (χ2v) is 10.6. The van der Waals surface area contributed by atoms with Crippen molar-refractivity contribution in [2.24, 2.45) is 0 Å². The van der Waals surface area contributed by atoms with E-state index < -0.39 is 12.0 Å². The number of carboxylic acid groups (broad SMARTS) is 1. The predicted molar refractivity (Wildman–Crippen MR) is 158 cm³/mol. The summed E-state index contributed by atoms with van der Waals surface area (Å²) in [6, 6.07) is 18.6. The van der Waals surface area contributed by atoms with Crippen molar-refractivity contribution in [3.05, 3.63) is 112 Å². The fraction of sp³-hybridized carbons (Fsp3) is 0.242. The van der Waals surface area contributed by atoms with Gasteiger partial charge in [0.15, 0.2) is 0 Å². The van der Waals surface area contributed by atoms with Crippen LogP contribution in [-0.2, 0) is 24.4 Å². The van der Waals surface area contributed by atoms with Crippen molar-refractivity contribution < 1.29 is 28.9 Å². The normalized spacial score (nSPS) is 14.5. The van der Waals surface area contributed by atoms with Crippen LogP contribution in [0.3, 0.4) is 0 Å². The van der Waals surface area contributed by atoms with E-state index in [0.717, 1.165) is 16.7 Å². The van der Waals surface area contributed by atoms with Crippen LogP contribution in [0.4, 0.5) is 4.39 Å². The third-order valence-corrected chi connectivity index (χ3v) is 7.63. The first-order valence-electron chi connectivity index (χ1n) is 13.8. The maximum Gasteiger partial charge on any atom is 0.320 e. The number of benzene rings is 3. The van der Waals surface area contributed by atoms with E-state index in [4.69, 9.17) is 21.1 Å². The van der Waals surface area contributed by atoms with Crippen LogP contribution in [0.15, 0.2) is 73.1 Å². The molecule has 1 aliphatic rings. The van der Waals surface area contributed by atoms with Gasteiger partial charge in [-0.05, 0) is 54.2 Å². The smallest absolute Gasteiger partial charge is 0.320 e. The number of aromatic nitrogens is 1. The molecule has 3 N–H and O–H groups in total. The Kier molecular flexibility index (Phi) is 9.52. The summed E-state index contributed by atoms with van der Waals surface area (Å²) in [5.74, 6) is -0.588. The van der Waals surface area contributed by atoms with Crippen molar-refractivity contribution in [2.75, 3.05) is 6.61 Å². The van der Waals surface area contributed by atoms with Gasteiger partial charge in [0, 0.05) is 48.3 Å². The molecule has 0 unspecified atom stereocenters. The van der Waals surface area contributed by atoms with Crippen molar-refractivity contribution in [3.63, 3.8) is 0 Å². The highest BCUT2D eigenvalue weighted by molar-refractivity contribution is 6.32. The van der Waals surface area contributed by atoms with Crippen molar-refractivity contribution in [1.29, 1.82) is 5.26 Å². The Morgan fingerprint density at radius 2 is 1.95 bits per heavy atom. The summed E-state index contributed by atoms with van der Waals surface area (Å²) in [5, 5.41) is 31.2. The summed E-state index contributed by atoms with van der Waals surface area (Å²) >= 11 is 6.69. The van der Waals surface area contributed by atoms with E-state index in [9.17, 15) is 24.7 Å². The van der Waals surface area contributed by atoms with Crippen molar-refractivity contribution in [1.82, 2.24) is 10.3 Å². The van der Waals surface area contributed by atoms with Gasteiger partial charge in [-0.1, -0.05) is 48.0 Å². The molecule has 1 heterocycles. The topological polar surface area (TPSA) is 125 Å². The third kappa shape index (κ3) is 6.95. The Hall–Kier alpha value is -4.49. The maximum atomic E-state index is 14.6. The number of nitrogens with zero attached hydrogens (tertiary/aromatic N) is 2. The number of fused-ring (bicyclic) bond motifs is 1. The lowest BCUT2D eigenvalue weighted by Crippen LogP contribution is -2.37. The van der Waals surface area contributed by atoms with E-state index in [1.165, 1.54) is 12.3 Å². The van der Waals surface area contributed by atoms with Crippen LogP contribution in [0.25, 0.3) is 11.1 Å². The van der Waals surface area contributed by atoms with Crippen molar-refractivity contribution in [3.8, 4) is 28.7 Å². The van der Waals surface area contributed by atoms with Crippen LogP contribution in [0.2, 0.25) is 5.02 Å². The Bertz CT molecular complexity index is 1680. The van der Waals surface area contributed by atoms with E-state index in [-0.39, 0.29) is 38.1 Å². The molecule has 0 radical (unpaired) electrons. The Balaban J connectivity index is 1.43. The average Bonchev–Trinajstić information content (AvgIpc) is 3.42. The number of carboxylic acids is 1. The number of nitrogens with one attached hydrogen (secondary N) is 1. The second kappa shape index (κ2) is 13.7. The first kappa shape index (κ1) is 30.0. The molecule has 1 aliphatic carbocycles. The number of hydrogen-bond donors (Lipinski definition) is 3. The lowest BCUT2D eigenvalue weighted by atomic mass is 9.96. The lowest BCUT2D eigenvalue weighted by molar-refractivity contribution is -0.140. The van der Waals surface area contributed by atoms with Gasteiger partial charge >= 0.3 is 5.97 Å². The number of aliphatic carboxylic acids is 1. The molecule has 0 saturated carbocycles. The number of halogens is 2. The molecule has 8 nitrogen and oxygen atoms in total. The highest BCUT2D eigenvalue weighted by Gasteiger charge is 2.28. The SMILES string of the molecule is N#Cc1cncc(COc2cc(O[C@H]3CCc4c(-c5ccccc5F)cccc43)c(Cl)cc2CN[C@@H](CCO)C(=O)O)c1. The van der Waals surface area contributed by atoms with Crippen molar-refractivity contribution >= 4 is 17.6 Å². The minimum absolute atomic E-state index is 0.0308. The highest BCUT2D eigenvalue weighted by Crippen LogP contribution is 2.43. The van der Waals surface area contributed by atoms with Gasteiger partial charge in [-0.2, -0.15) is 5.26 Å². The molecular weight excluding hydrogens is 573 g/mol. The fourth-order valence-corrected chi connectivity index (χ4v) is 5.46. The molecule has 43 heavy (non-hydrogen) atoms. The molecule has 0 amide bonds. The highest BCUT2D eigenvalue weighted by atomic mass is 35.5. The molecule has 0 aliphatic heterocycles. The van der Waals surface area contributed by atoms with Crippen LogP contribution in [0.5, 0.6) is 11.5 Å². The zero-order valence-corrected chi connectivity index (χ0v) is 23.9.